The van der Waals surface area contributed by atoms with Crippen molar-refractivity contribution in [1.82, 2.24) is 0 Å². The van der Waals surface area contributed by atoms with Gasteiger partial charge >= 0.3 is 0 Å². The molecule has 0 aliphatic rings. The van der Waals surface area contributed by atoms with Gasteiger partial charge in [0.05, 0.1) is 30.9 Å². The summed E-state index contributed by atoms with van der Waals surface area (Å²) in [5, 5.41) is 17.4. The molecule has 0 radical (unpaired) electrons. The van der Waals surface area contributed by atoms with E-state index < -0.39 is 0 Å². The summed E-state index contributed by atoms with van der Waals surface area (Å²) in [5.74, 6) is 0.129. The lowest BCUT2D eigenvalue weighted by Crippen LogP contribution is -2.23. The highest BCUT2D eigenvalue weighted by atomic mass is 16.5. The molecule has 0 bridgehead atoms. The van der Waals surface area contributed by atoms with Crippen LogP contribution in [0, 0.1) is 11.3 Å². The van der Waals surface area contributed by atoms with E-state index in [2.05, 4.69) is 16.0 Å². The minimum Gasteiger partial charge on any atom is -0.497 e. The van der Waals surface area contributed by atoms with Crippen LogP contribution in [0.4, 0.5) is 17.1 Å². The molecule has 3 rings (SSSR count). The molecule has 0 aliphatic heterocycles. The largest absolute Gasteiger partial charge is 0.497 e. The molecule has 0 saturated heterocycles. The Kier molecular flexibility index (Phi) is 6.64. The summed E-state index contributed by atoms with van der Waals surface area (Å²) in [6.45, 7) is -0.0210. The second kappa shape index (κ2) is 9.75. The number of anilines is 3. The number of ether oxygens (including phenoxy) is 1. The normalized spacial score (nSPS) is 9.87. The van der Waals surface area contributed by atoms with Crippen LogP contribution in [0.5, 0.6) is 5.75 Å². The molecule has 0 aliphatic carbocycles. The zero-order valence-electron chi connectivity index (χ0n) is 16.3. The van der Waals surface area contributed by atoms with Crippen molar-refractivity contribution in [2.75, 3.05) is 29.6 Å². The number of para-hydroxylation sites is 1. The molecule has 150 valence electrons. The fourth-order valence-corrected chi connectivity index (χ4v) is 2.72. The topological polar surface area (TPSA) is 103 Å². The Morgan fingerprint density at radius 1 is 0.900 bits per heavy atom. The summed E-state index contributed by atoms with van der Waals surface area (Å²) >= 11 is 0. The third-order valence-electron chi connectivity index (χ3n) is 4.26. The lowest BCUT2D eigenvalue weighted by molar-refractivity contribution is -0.114. The second-order valence-corrected chi connectivity index (χ2v) is 6.32. The van der Waals surface area contributed by atoms with Crippen LogP contribution in [0.25, 0.3) is 0 Å². The highest BCUT2D eigenvalue weighted by Gasteiger charge is 2.12. The Balaban J connectivity index is 1.61. The summed E-state index contributed by atoms with van der Waals surface area (Å²) in [6.07, 6.45) is 0. The molecule has 7 nitrogen and oxygen atoms in total. The number of hydrogen-bond donors (Lipinski definition) is 3. The SMILES string of the molecule is COc1ccc(NC(=O)c2ccccc2NCC(=O)Nc2ccc(C#N)cc2)cc1. The number of methoxy groups -OCH3 is 1. The number of rotatable bonds is 7. The van der Waals surface area contributed by atoms with E-state index in [9.17, 15) is 9.59 Å². The standard InChI is InChI=1S/C23H20N4O3/c1-30-19-12-10-18(11-13-19)27-23(29)20-4-2-3-5-21(20)25-15-22(28)26-17-8-6-16(14-24)7-9-17/h2-13,25H,15H2,1H3,(H,26,28)(H,27,29). The molecule has 0 saturated carbocycles. The van der Waals surface area contributed by atoms with Gasteiger partial charge in [-0.3, -0.25) is 9.59 Å². The number of nitrogens with zero attached hydrogens (tertiary/aromatic N) is 1. The van der Waals surface area contributed by atoms with Gasteiger partial charge in [0, 0.05) is 17.1 Å². The summed E-state index contributed by atoms with van der Waals surface area (Å²) in [6, 6.07) is 22.6. The van der Waals surface area contributed by atoms with Crippen LogP contribution in [-0.4, -0.2) is 25.5 Å². The molecule has 30 heavy (non-hydrogen) atoms. The number of nitrogens with one attached hydrogen (secondary N) is 3. The summed E-state index contributed by atoms with van der Waals surface area (Å²) in [4.78, 5) is 24.9. The van der Waals surface area contributed by atoms with Gasteiger partial charge < -0.3 is 20.7 Å². The Bertz CT molecular complexity index is 1070. The lowest BCUT2D eigenvalue weighted by Gasteiger charge is -2.13. The minimum atomic E-state index is -0.296. The smallest absolute Gasteiger partial charge is 0.257 e. The Morgan fingerprint density at radius 2 is 1.53 bits per heavy atom. The first-order chi connectivity index (χ1) is 14.6. The maximum absolute atomic E-state index is 12.7. The monoisotopic (exact) mass is 400 g/mol. The lowest BCUT2D eigenvalue weighted by atomic mass is 10.1. The molecule has 0 spiro atoms. The van der Waals surface area contributed by atoms with Gasteiger partial charge in [-0.25, -0.2) is 0 Å². The van der Waals surface area contributed by atoms with Crippen LogP contribution >= 0.6 is 0 Å². The van der Waals surface area contributed by atoms with Gasteiger partial charge in [-0.2, -0.15) is 5.26 Å². The fourth-order valence-electron chi connectivity index (χ4n) is 2.72. The zero-order valence-corrected chi connectivity index (χ0v) is 16.3. The molecule has 3 aromatic carbocycles. The summed E-state index contributed by atoms with van der Waals surface area (Å²) < 4.78 is 5.11. The fraction of sp³-hybridized carbons (Fsp3) is 0.0870. The van der Waals surface area contributed by atoms with E-state index in [1.54, 1.807) is 79.9 Å². The first-order valence-corrected chi connectivity index (χ1v) is 9.17. The summed E-state index contributed by atoms with van der Waals surface area (Å²) in [7, 11) is 1.58. The van der Waals surface area contributed by atoms with Crippen LogP contribution in [-0.2, 0) is 4.79 Å². The van der Waals surface area contributed by atoms with Crippen LogP contribution in [0.3, 0.4) is 0 Å². The number of carbonyl (C=O) groups is 2. The summed E-state index contributed by atoms with van der Waals surface area (Å²) in [5.41, 5.74) is 2.70. The van der Waals surface area contributed by atoms with E-state index in [-0.39, 0.29) is 18.4 Å². The molecule has 7 heteroatoms. The average Bonchev–Trinajstić information content (AvgIpc) is 2.79. The van der Waals surface area contributed by atoms with Crippen LogP contribution in [0.15, 0.2) is 72.8 Å². The maximum atomic E-state index is 12.7. The molecule has 0 aromatic heterocycles. The van der Waals surface area contributed by atoms with E-state index in [1.165, 1.54) is 0 Å². The highest BCUT2D eigenvalue weighted by Crippen LogP contribution is 2.19. The molecular formula is C23H20N4O3. The Hall–Kier alpha value is -4.31. The second-order valence-electron chi connectivity index (χ2n) is 6.32. The third kappa shape index (κ3) is 5.36. The van der Waals surface area contributed by atoms with Crippen molar-refractivity contribution in [3.63, 3.8) is 0 Å². The molecule has 3 aromatic rings. The van der Waals surface area contributed by atoms with E-state index in [0.717, 1.165) is 0 Å². The number of nitriles is 1. The Morgan fingerprint density at radius 3 is 2.20 bits per heavy atom. The van der Waals surface area contributed by atoms with E-state index in [0.29, 0.717) is 33.9 Å². The van der Waals surface area contributed by atoms with Gasteiger partial charge in [-0.15, -0.1) is 0 Å². The number of benzene rings is 3. The molecule has 0 fully saturated rings. The van der Waals surface area contributed by atoms with Crippen LogP contribution < -0.4 is 20.7 Å². The number of carbonyl (C=O) groups excluding carboxylic acids is 2. The molecule has 2 amide bonds. The van der Waals surface area contributed by atoms with Crippen molar-refractivity contribution in [3.05, 3.63) is 83.9 Å². The first kappa shape index (κ1) is 20.4. The molecular weight excluding hydrogens is 380 g/mol. The maximum Gasteiger partial charge on any atom is 0.257 e. The van der Waals surface area contributed by atoms with E-state index in [1.807, 2.05) is 6.07 Å². The zero-order chi connectivity index (χ0) is 21.3. The predicted molar refractivity (Wildman–Crippen MR) is 116 cm³/mol. The van der Waals surface area contributed by atoms with Gasteiger partial charge in [0.2, 0.25) is 5.91 Å². The molecule has 0 unspecified atom stereocenters. The quantitative estimate of drug-likeness (QED) is 0.559. The van der Waals surface area contributed by atoms with Gasteiger partial charge in [-0.05, 0) is 60.7 Å². The molecule has 0 heterocycles. The van der Waals surface area contributed by atoms with Gasteiger partial charge in [0.15, 0.2) is 0 Å². The van der Waals surface area contributed by atoms with Crippen molar-refractivity contribution < 1.29 is 14.3 Å². The Labute approximate surface area is 174 Å². The van der Waals surface area contributed by atoms with E-state index in [4.69, 9.17) is 10.00 Å². The van der Waals surface area contributed by atoms with Crippen molar-refractivity contribution in [1.29, 1.82) is 5.26 Å². The minimum absolute atomic E-state index is 0.0210. The van der Waals surface area contributed by atoms with Crippen molar-refractivity contribution in [2.24, 2.45) is 0 Å². The van der Waals surface area contributed by atoms with Crippen molar-refractivity contribution >= 4 is 28.9 Å². The van der Waals surface area contributed by atoms with Crippen molar-refractivity contribution in [2.45, 2.75) is 0 Å². The van der Waals surface area contributed by atoms with Crippen LogP contribution in [0.2, 0.25) is 0 Å². The number of hydrogen-bond acceptors (Lipinski definition) is 5. The highest BCUT2D eigenvalue weighted by molar-refractivity contribution is 6.08. The third-order valence-corrected chi connectivity index (χ3v) is 4.26. The van der Waals surface area contributed by atoms with Crippen molar-refractivity contribution in [3.8, 4) is 11.8 Å². The van der Waals surface area contributed by atoms with E-state index >= 15 is 0 Å². The predicted octanol–water partition coefficient (Wildman–Crippen LogP) is 3.87. The molecule has 3 N–H and O–H groups in total. The molecule has 0 atom stereocenters. The van der Waals surface area contributed by atoms with Gasteiger partial charge in [0.25, 0.3) is 5.91 Å². The average molecular weight is 400 g/mol. The number of amides is 2. The van der Waals surface area contributed by atoms with Gasteiger partial charge in [0.1, 0.15) is 5.75 Å². The van der Waals surface area contributed by atoms with Gasteiger partial charge in [-0.1, -0.05) is 12.1 Å². The van der Waals surface area contributed by atoms with Crippen LogP contribution in [0.1, 0.15) is 15.9 Å². The first-order valence-electron chi connectivity index (χ1n) is 9.17.